The maximum atomic E-state index is 12.3. The summed E-state index contributed by atoms with van der Waals surface area (Å²) >= 11 is 0. The molecule has 0 radical (unpaired) electrons. The molecule has 172 valence electrons. The fraction of sp³-hybridized carbons (Fsp3) is 0.682. The Morgan fingerprint density at radius 3 is 2.23 bits per heavy atom. The molecule has 1 aliphatic rings. The van der Waals surface area contributed by atoms with E-state index in [9.17, 15) is 8.42 Å². The average Bonchev–Trinajstić information content (AvgIpc) is 2.75. The fourth-order valence-electron chi connectivity index (χ4n) is 4.11. The van der Waals surface area contributed by atoms with E-state index in [-0.39, 0.29) is 41.2 Å². The van der Waals surface area contributed by atoms with Gasteiger partial charge < -0.3 is 10.6 Å². The lowest BCUT2D eigenvalue weighted by Crippen LogP contribution is -2.52. The van der Waals surface area contributed by atoms with Crippen LogP contribution >= 0.6 is 24.0 Å². The van der Waals surface area contributed by atoms with E-state index < -0.39 is 10.0 Å². The maximum Gasteiger partial charge on any atom is 0.214 e. The molecule has 0 spiro atoms. The summed E-state index contributed by atoms with van der Waals surface area (Å²) in [5, 5.41) is 7.03. The van der Waals surface area contributed by atoms with Crippen LogP contribution in [-0.2, 0) is 15.4 Å². The van der Waals surface area contributed by atoms with Crippen molar-refractivity contribution in [2.24, 2.45) is 4.99 Å². The Labute approximate surface area is 200 Å². The highest BCUT2D eigenvalue weighted by Crippen LogP contribution is 2.30. The zero-order valence-electron chi connectivity index (χ0n) is 18.9. The summed E-state index contributed by atoms with van der Waals surface area (Å²) in [6.07, 6.45) is 4.36. The van der Waals surface area contributed by atoms with Crippen molar-refractivity contribution in [1.82, 2.24) is 14.9 Å². The van der Waals surface area contributed by atoms with Gasteiger partial charge in [-0.25, -0.2) is 12.7 Å². The van der Waals surface area contributed by atoms with Crippen molar-refractivity contribution in [3.8, 4) is 0 Å². The summed E-state index contributed by atoms with van der Waals surface area (Å²) in [5.74, 6) is 1.03. The zero-order valence-corrected chi connectivity index (χ0v) is 22.0. The molecule has 30 heavy (non-hydrogen) atoms. The third kappa shape index (κ3) is 7.09. The van der Waals surface area contributed by atoms with Crippen LogP contribution in [0.5, 0.6) is 0 Å². The second-order valence-electron chi connectivity index (χ2n) is 7.91. The van der Waals surface area contributed by atoms with Crippen molar-refractivity contribution in [2.75, 3.05) is 32.4 Å². The van der Waals surface area contributed by atoms with Gasteiger partial charge in [-0.15, -0.1) is 24.0 Å². The number of nitrogens with zero attached hydrogens (tertiary/aromatic N) is 2. The molecule has 2 N–H and O–H groups in total. The van der Waals surface area contributed by atoms with Crippen LogP contribution in [0.4, 0.5) is 0 Å². The highest BCUT2D eigenvalue weighted by molar-refractivity contribution is 14.0. The SMILES string of the molecule is CCCS(=O)(=O)N1CCC(NC(=NC)NCC(CC)(CC)c2ccccc2)CC1.I. The Morgan fingerprint density at radius 2 is 1.73 bits per heavy atom. The topological polar surface area (TPSA) is 73.8 Å². The summed E-state index contributed by atoms with van der Waals surface area (Å²) in [5.41, 5.74) is 1.42. The molecular formula is C22H39IN4O2S. The highest BCUT2D eigenvalue weighted by atomic mass is 127. The molecule has 6 nitrogen and oxygen atoms in total. The third-order valence-corrected chi connectivity index (χ3v) is 8.28. The molecule has 8 heteroatoms. The van der Waals surface area contributed by atoms with Crippen molar-refractivity contribution >= 4 is 40.0 Å². The number of benzene rings is 1. The van der Waals surface area contributed by atoms with Gasteiger partial charge in [0.15, 0.2) is 5.96 Å². The van der Waals surface area contributed by atoms with Gasteiger partial charge in [0.1, 0.15) is 0 Å². The lowest BCUT2D eigenvalue weighted by molar-refractivity contribution is 0.305. The highest BCUT2D eigenvalue weighted by Gasteiger charge is 2.30. The minimum absolute atomic E-state index is 0. The summed E-state index contributed by atoms with van der Waals surface area (Å²) in [7, 11) is -1.31. The normalized spacial score (nSPS) is 16.7. The van der Waals surface area contributed by atoms with Crippen LogP contribution in [0.15, 0.2) is 35.3 Å². The van der Waals surface area contributed by atoms with Crippen LogP contribution in [0.3, 0.4) is 0 Å². The maximum absolute atomic E-state index is 12.3. The van der Waals surface area contributed by atoms with Crippen molar-refractivity contribution in [3.63, 3.8) is 0 Å². The van der Waals surface area contributed by atoms with Crippen LogP contribution in [0.2, 0.25) is 0 Å². The molecule has 0 aromatic heterocycles. The van der Waals surface area contributed by atoms with Gasteiger partial charge in [-0.05, 0) is 37.7 Å². The van der Waals surface area contributed by atoms with E-state index >= 15 is 0 Å². The molecule has 2 rings (SSSR count). The summed E-state index contributed by atoms with van der Waals surface area (Å²) in [6.45, 7) is 8.35. The summed E-state index contributed by atoms with van der Waals surface area (Å²) < 4.78 is 26.1. The number of nitrogens with one attached hydrogen (secondary N) is 2. The number of hydrogen-bond acceptors (Lipinski definition) is 3. The van der Waals surface area contributed by atoms with Gasteiger partial charge in [-0.3, -0.25) is 4.99 Å². The summed E-state index contributed by atoms with van der Waals surface area (Å²) in [4.78, 5) is 4.41. The van der Waals surface area contributed by atoms with E-state index in [1.54, 1.807) is 11.4 Å². The number of rotatable bonds is 9. The lowest BCUT2D eigenvalue weighted by atomic mass is 9.76. The number of piperidine rings is 1. The van der Waals surface area contributed by atoms with E-state index in [2.05, 4.69) is 59.8 Å². The Bertz CT molecular complexity index is 744. The first-order valence-electron chi connectivity index (χ1n) is 10.9. The van der Waals surface area contributed by atoms with Crippen molar-refractivity contribution < 1.29 is 8.42 Å². The quantitative estimate of drug-likeness (QED) is 0.279. The molecule has 1 saturated heterocycles. The van der Waals surface area contributed by atoms with Crippen LogP contribution in [0.1, 0.15) is 58.4 Å². The molecule has 0 amide bonds. The molecule has 1 heterocycles. The molecular weight excluding hydrogens is 511 g/mol. The van der Waals surface area contributed by atoms with Gasteiger partial charge in [-0.1, -0.05) is 51.1 Å². The van der Waals surface area contributed by atoms with Gasteiger partial charge in [-0.2, -0.15) is 0 Å². The molecule has 0 unspecified atom stereocenters. The number of sulfonamides is 1. The third-order valence-electron chi connectivity index (χ3n) is 6.21. The van der Waals surface area contributed by atoms with E-state index in [1.807, 2.05) is 6.92 Å². The largest absolute Gasteiger partial charge is 0.356 e. The Morgan fingerprint density at radius 1 is 1.13 bits per heavy atom. The number of hydrogen-bond donors (Lipinski definition) is 2. The molecule has 0 aliphatic carbocycles. The summed E-state index contributed by atoms with van der Waals surface area (Å²) in [6, 6.07) is 10.9. The number of halogens is 1. The van der Waals surface area contributed by atoms with Crippen molar-refractivity contribution in [1.29, 1.82) is 0 Å². The predicted molar refractivity (Wildman–Crippen MR) is 137 cm³/mol. The Balaban J connectivity index is 0.00000450. The molecule has 1 fully saturated rings. The van der Waals surface area contributed by atoms with E-state index in [0.717, 1.165) is 38.2 Å². The first-order valence-corrected chi connectivity index (χ1v) is 12.5. The van der Waals surface area contributed by atoms with Crippen LogP contribution in [-0.4, -0.2) is 57.2 Å². The van der Waals surface area contributed by atoms with E-state index in [4.69, 9.17) is 0 Å². The van der Waals surface area contributed by atoms with Gasteiger partial charge in [0.05, 0.1) is 5.75 Å². The molecule has 1 aliphatic heterocycles. The van der Waals surface area contributed by atoms with Crippen LogP contribution in [0, 0.1) is 0 Å². The Kier molecular flexibility index (Phi) is 11.6. The average molecular weight is 551 g/mol. The van der Waals surface area contributed by atoms with Gasteiger partial charge >= 0.3 is 0 Å². The first kappa shape index (κ1) is 27.2. The number of aliphatic imine (C=N–C) groups is 1. The van der Waals surface area contributed by atoms with E-state index in [1.165, 1.54) is 5.56 Å². The molecule has 0 atom stereocenters. The van der Waals surface area contributed by atoms with Gasteiger partial charge in [0.25, 0.3) is 0 Å². The van der Waals surface area contributed by atoms with Gasteiger partial charge in [0.2, 0.25) is 10.0 Å². The minimum Gasteiger partial charge on any atom is -0.356 e. The van der Waals surface area contributed by atoms with E-state index in [0.29, 0.717) is 19.5 Å². The second kappa shape index (κ2) is 12.9. The second-order valence-corrected chi connectivity index (χ2v) is 10.0. The standard InChI is InChI=1S/C22H38N4O2S.HI/c1-5-17-29(27,28)26-15-13-20(14-16-26)25-21(23-4)24-18-22(6-2,7-3)19-11-9-8-10-12-19;/h8-12,20H,5-7,13-18H2,1-4H3,(H2,23,24,25);1H. The lowest BCUT2D eigenvalue weighted by Gasteiger charge is -2.35. The predicted octanol–water partition coefficient (Wildman–Crippen LogP) is 3.73. The first-order chi connectivity index (χ1) is 13.9. The smallest absolute Gasteiger partial charge is 0.214 e. The molecule has 1 aromatic rings. The number of guanidine groups is 1. The van der Waals surface area contributed by atoms with Crippen LogP contribution in [0.25, 0.3) is 0 Å². The molecule has 0 saturated carbocycles. The molecule has 0 bridgehead atoms. The zero-order chi connectivity index (χ0) is 21.3. The van der Waals surface area contributed by atoms with Crippen molar-refractivity contribution in [3.05, 3.63) is 35.9 Å². The monoisotopic (exact) mass is 550 g/mol. The van der Waals surface area contributed by atoms with Crippen molar-refractivity contribution in [2.45, 2.75) is 64.3 Å². The van der Waals surface area contributed by atoms with Crippen LogP contribution < -0.4 is 10.6 Å². The Hall–Kier alpha value is -0.870. The fourth-order valence-corrected chi connectivity index (χ4v) is 5.65. The molecule has 1 aromatic carbocycles. The minimum atomic E-state index is -3.10. The van der Waals surface area contributed by atoms with Gasteiger partial charge in [0, 0.05) is 38.1 Å².